The molecule has 0 unspecified atom stereocenters. The minimum absolute atomic E-state index is 0.0129. The number of nitrogens with zero attached hydrogens (tertiary/aromatic N) is 4. The first-order valence-electron chi connectivity index (χ1n) is 14.3. The van der Waals surface area contributed by atoms with Crippen LogP contribution in [-0.2, 0) is 14.3 Å². The fourth-order valence-electron chi connectivity index (χ4n) is 6.44. The van der Waals surface area contributed by atoms with Crippen LogP contribution in [0.2, 0.25) is 0 Å². The highest BCUT2D eigenvalue weighted by Crippen LogP contribution is 2.33. The van der Waals surface area contributed by atoms with Crippen LogP contribution in [0.5, 0.6) is 0 Å². The monoisotopic (exact) mass is 567 g/mol. The number of ether oxygens (including phenoxy) is 1. The molecule has 4 fully saturated rings. The Kier molecular flexibility index (Phi) is 7.89. The number of thiazole rings is 1. The van der Waals surface area contributed by atoms with Gasteiger partial charge >= 0.3 is 0 Å². The lowest BCUT2D eigenvalue weighted by atomic mass is 9.83. The smallest absolute Gasteiger partial charge is 0.251 e. The van der Waals surface area contributed by atoms with Crippen molar-refractivity contribution in [1.82, 2.24) is 20.1 Å². The third-order valence-corrected chi connectivity index (χ3v) is 9.72. The number of Topliss-reactive ketones (excluding diaryl/α,β-unsaturated/α-hetero) is 1. The first-order valence-corrected chi connectivity index (χ1v) is 15.2. The van der Waals surface area contributed by atoms with Gasteiger partial charge in [-0.3, -0.25) is 14.4 Å². The van der Waals surface area contributed by atoms with Crippen molar-refractivity contribution >= 4 is 34.1 Å². The number of likely N-dealkylation sites (N-methyl/N-ethyl adjacent to an activating group) is 1. The van der Waals surface area contributed by atoms with Crippen LogP contribution in [0.1, 0.15) is 42.5 Å². The number of aromatic nitrogens is 1. The number of rotatable bonds is 6. The van der Waals surface area contributed by atoms with Crippen LogP contribution in [0.3, 0.4) is 0 Å². The van der Waals surface area contributed by atoms with E-state index in [1.54, 1.807) is 23.5 Å². The second-order valence-electron chi connectivity index (χ2n) is 11.5. The number of aliphatic hydroxyl groups excluding tert-OH is 1. The standard InChI is InChI=1S/C29H37N5O5S/c1-32-11-13-33(14-12-32)29-30-21(17-40-29)18-7-9-20(10-8-18)27(37)31-24(19-5-3-2-4-6-19)28(38)34-15-22(35)26-25(34)23(36)16-39-26/h7-10,17,19,22,24-26,35H,2-6,11-16H2,1H3,(H,31,37)/t22-,24-,25+,26-/m0/s1. The number of carbonyl (C=O) groups is 3. The van der Waals surface area contributed by atoms with Crippen molar-refractivity contribution in [3.05, 3.63) is 35.2 Å². The van der Waals surface area contributed by atoms with E-state index in [-0.39, 0.29) is 36.7 Å². The molecule has 214 valence electrons. The lowest BCUT2D eigenvalue weighted by molar-refractivity contribution is -0.139. The number of ketones is 1. The van der Waals surface area contributed by atoms with Crippen molar-refractivity contribution < 1.29 is 24.2 Å². The average molecular weight is 568 g/mol. The van der Waals surface area contributed by atoms with Crippen molar-refractivity contribution in [2.45, 2.75) is 56.4 Å². The minimum Gasteiger partial charge on any atom is -0.388 e. The van der Waals surface area contributed by atoms with Gasteiger partial charge in [0, 0.05) is 42.7 Å². The van der Waals surface area contributed by atoms with Gasteiger partial charge < -0.3 is 29.9 Å². The van der Waals surface area contributed by atoms with Gasteiger partial charge in [-0.2, -0.15) is 0 Å². The highest BCUT2D eigenvalue weighted by molar-refractivity contribution is 7.14. The van der Waals surface area contributed by atoms with E-state index in [0.717, 1.165) is 74.7 Å². The van der Waals surface area contributed by atoms with Crippen LogP contribution < -0.4 is 10.2 Å². The van der Waals surface area contributed by atoms with Crippen LogP contribution in [0.25, 0.3) is 11.3 Å². The van der Waals surface area contributed by atoms with Crippen molar-refractivity contribution in [3.63, 3.8) is 0 Å². The Labute approximate surface area is 238 Å². The summed E-state index contributed by atoms with van der Waals surface area (Å²) >= 11 is 1.63. The third-order valence-electron chi connectivity index (χ3n) is 8.82. The molecular weight excluding hydrogens is 530 g/mol. The van der Waals surface area contributed by atoms with Crippen LogP contribution in [0, 0.1) is 5.92 Å². The third kappa shape index (κ3) is 5.39. The molecule has 1 aromatic heterocycles. The SMILES string of the molecule is CN1CCN(c2nc(-c3ccc(C(=O)N[C@H](C(=O)N4C[C@H](O)[C@@H]5OCC(=O)[C@H]54)C4CCCCC4)cc3)cs2)CC1. The van der Waals surface area contributed by atoms with E-state index >= 15 is 0 Å². The molecule has 4 aliphatic rings. The lowest BCUT2D eigenvalue weighted by Gasteiger charge is -2.34. The van der Waals surface area contributed by atoms with E-state index in [4.69, 9.17) is 9.72 Å². The topological polar surface area (TPSA) is 115 Å². The molecule has 1 saturated carbocycles. The highest BCUT2D eigenvalue weighted by atomic mass is 32.1. The van der Waals surface area contributed by atoms with Crippen molar-refractivity contribution in [2.24, 2.45) is 5.92 Å². The maximum Gasteiger partial charge on any atom is 0.251 e. The van der Waals surface area contributed by atoms with Crippen LogP contribution in [0.15, 0.2) is 29.6 Å². The first kappa shape index (κ1) is 27.3. The minimum atomic E-state index is -0.905. The second-order valence-corrected chi connectivity index (χ2v) is 12.3. The summed E-state index contributed by atoms with van der Waals surface area (Å²) < 4.78 is 5.46. The molecule has 0 bridgehead atoms. The van der Waals surface area contributed by atoms with E-state index in [1.807, 2.05) is 17.5 Å². The Morgan fingerprint density at radius 2 is 1.82 bits per heavy atom. The maximum absolute atomic E-state index is 13.8. The number of fused-ring (bicyclic) bond motifs is 1. The number of benzene rings is 1. The molecule has 10 nitrogen and oxygen atoms in total. The number of piperazine rings is 1. The number of hydrogen-bond acceptors (Lipinski definition) is 9. The van der Waals surface area contributed by atoms with Gasteiger partial charge in [0.15, 0.2) is 10.9 Å². The Balaban J connectivity index is 1.16. The molecule has 3 aliphatic heterocycles. The Bertz CT molecular complexity index is 1240. The molecule has 3 saturated heterocycles. The van der Waals surface area contributed by atoms with E-state index < -0.39 is 24.3 Å². The highest BCUT2D eigenvalue weighted by Gasteiger charge is 2.53. The van der Waals surface area contributed by atoms with Gasteiger partial charge in [0.25, 0.3) is 5.91 Å². The summed E-state index contributed by atoms with van der Waals surface area (Å²) in [4.78, 5) is 50.6. The molecule has 0 spiro atoms. The molecule has 2 amide bonds. The van der Waals surface area contributed by atoms with Gasteiger partial charge in [0.05, 0.1) is 12.2 Å². The van der Waals surface area contributed by atoms with Gasteiger partial charge in [0.2, 0.25) is 5.91 Å². The average Bonchev–Trinajstić information content (AvgIpc) is 3.70. The fourth-order valence-corrected chi connectivity index (χ4v) is 7.33. The van der Waals surface area contributed by atoms with Crippen LogP contribution in [-0.4, -0.2) is 108 Å². The quantitative estimate of drug-likeness (QED) is 0.543. The second kappa shape index (κ2) is 11.6. The number of anilines is 1. The van der Waals surface area contributed by atoms with Crippen LogP contribution >= 0.6 is 11.3 Å². The molecule has 6 rings (SSSR count). The molecule has 1 aromatic carbocycles. The zero-order chi connectivity index (χ0) is 27.8. The number of nitrogens with one attached hydrogen (secondary N) is 1. The van der Waals surface area contributed by atoms with E-state index in [2.05, 4.69) is 22.2 Å². The summed E-state index contributed by atoms with van der Waals surface area (Å²) in [5.74, 6) is -0.837. The summed E-state index contributed by atoms with van der Waals surface area (Å²) in [6.07, 6.45) is 3.19. The summed E-state index contributed by atoms with van der Waals surface area (Å²) in [6.45, 7) is 3.90. The summed E-state index contributed by atoms with van der Waals surface area (Å²) in [6, 6.07) is 5.80. The van der Waals surface area contributed by atoms with E-state index in [1.165, 1.54) is 4.90 Å². The zero-order valence-corrected chi connectivity index (χ0v) is 23.6. The van der Waals surface area contributed by atoms with Gasteiger partial charge in [-0.05, 0) is 37.9 Å². The fraction of sp³-hybridized carbons (Fsp3) is 0.586. The van der Waals surface area contributed by atoms with Crippen LogP contribution in [0.4, 0.5) is 5.13 Å². The van der Waals surface area contributed by atoms with E-state index in [9.17, 15) is 19.5 Å². The summed E-state index contributed by atoms with van der Waals surface area (Å²) in [5, 5.41) is 16.5. The molecule has 2 aromatic rings. The normalized spacial score (nSPS) is 26.6. The van der Waals surface area contributed by atoms with Gasteiger partial charge in [-0.1, -0.05) is 31.4 Å². The Morgan fingerprint density at radius 3 is 2.55 bits per heavy atom. The maximum atomic E-state index is 13.8. The number of aliphatic hydroxyl groups is 1. The number of amides is 2. The number of carbonyl (C=O) groups excluding carboxylic acids is 3. The predicted octanol–water partition coefficient (Wildman–Crippen LogP) is 1.78. The first-order chi connectivity index (χ1) is 19.4. The van der Waals surface area contributed by atoms with Crippen molar-refractivity contribution in [3.8, 4) is 11.3 Å². The molecule has 4 heterocycles. The predicted molar refractivity (Wildman–Crippen MR) is 151 cm³/mol. The molecule has 2 N–H and O–H groups in total. The van der Waals surface area contributed by atoms with Gasteiger partial charge in [-0.25, -0.2) is 4.98 Å². The lowest BCUT2D eigenvalue weighted by Crippen LogP contribution is -2.55. The molecular formula is C29H37N5O5S. The number of hydrogen-bond donors (Lipinski definition) is 2. The van der Waals surface area contributed by atoms with E-state index in [0.29, 0.717) is 5.56 Å². The van der Waals surface area contributed by atoms with Crippen molar-refractivity contribution in [2.75, 3.05) is 51.3 Å². The van der Waals surface area contributed by atoms with Gasteiger partial charge in [0.1, 0.15) is 30.9 Å². The summed E-state index contributed by atoms with van der Waals surface area (Å²) in [7, 11) is 2.13. The zero-order valence-electron chi connectivity index (χ0n) is 22.8. The largest absolute Gasteiger partial charge is 0.388 e. The molecule has 4 atom stereocenters. The number of likely N-dealkylation sites (tertiary alicyclic amines) is 1. The molecule has 40 heavy (non-hydrogen) atoms. The summed E-state index contributed by atoms with van der Waals surface area (Å²) in [5.41, 5.74) is 2.28. The Hall–Kier alpha value is -2.86. The van der Waals surface area contributed by atoms with Crippen molar-refractivity contribution in [1.29, 1.82) is 0 Å². The Morgan fingerprint density at radius 1 is 1.10 bits per heavy atom. The molecule has 0 radical (unpaired) electrons. The molecule has 1 aliphatic carbocycles. The molecule has 11 heteroatoms. The van der Waals surface area contributed by atoms with Gasteiger partial charge in [-0.15, -0.1) is 11.3 Å². The number of β-amino-alcohol motifs (C(OH)–C–C–N with tert-alkyl or cyclic N) is 1.